The van der Waals surface area contributed by atoms with E-state index in [2.05, 4.69) is 5.32 Å². The first kappa shape index (κ1) is 11.4. The minimum atomic E-state index is -0.199. The first-order valence-electron chi connectivity index (χ1n) is 5.77. The predicted molar refractivity (Wildman–Crippen MR) is 62.1 cm³/mol. The number of benzene rings is 1. The summed E-state index contributed by atoms with van der Waals surface area (Å²) in [4.78, 5) is 0. The molecule has 1 unspecified atom stereocenters. The van der Waals surface area contributed by atoms with Crippen LogP contribution in [0.3, 0.4) is 0 Å². The lowest BCUT2D eigenvalue weighted by molar-refractivity contribution is 0.234. The van der Waals surface area contributed by atoms with E-state index in [4.69, 9.17) is 4.74 Å². The van der Waals surface area contributed by atoms with E-state index < -0.39 is 0 Å². The Bertz CT molecular complexity index is 363. The van der Waals surface area contributed by atoms with Crippen LogP contribution in [0.4, 0.5) is 4.39 Å². The fourth-order valence-electron chi connectivity index (χ4n) is 2.37. The number of nitrogens with one attached hydrogen (secondary N) is 1. The molecule has 2 rings (SSSR count). The Labute approximate surface area is 95.8 Å². The SMILES string of the molecule is CNC(c1cc(F)ccc1OC)C1CCC1. The third-order valence-electron chi connectivity index (χ3n) is 3.46. The highest BCUT2D eigenvalue weighted by atomic mass is 19.1. The molecule has 0 heterocycles. The highest BCUT2D eigenvalue weighted by Crippen LogP contribution is 2.40. The topological polar surface area (TPSA) is 21.3 Å². The third kappa shape index (κ3) is 2.05. The average Bonchev–Trinajstić information content (AvgIpc) is 2.23. The van der Waals surface area contributed by atoms with Crippen LogP contribution in [0.2, 0.25) is 0 Å². The minimum absolute atomic E-state index is 0.199. The van der Waals surface area contributed by atoms with Gasteiger partial charge in [0, 0.05) is 11.6 Å². The van der Waals surface area contributed by atoms with E-state index in [1.54, 1.807) is 19.2 Å². The average molecular weight is 223 g/mol. The molecule has 3 heteroatoms. The van der Waals surface area contributed by atoms with Crippen LogP contribution in [-0.4, -0.2) is 14.2 Å². The third-order valence-corrected chi connectivity index (χ3v) is 3.46. The second kappa shape index (κ2) is 4.83. The molecule has 1 aliphatic rings. The molecular weight excluding hydrogens is 205 g/mol. The van der Waals surface area contributed by atoms with Gasteiger partial charge in [0.2, 0.25) is 0 Å². The number of methoxy groups -OCH3 is 1. The molecule has 1 aromatic rings. The van der Waals surface area contributed by atoms with Gasteiger partial charge in [0.05, 0.1) is 7.11 Å². The maximum Gasteiger partial charge on any atom is 0.123 e. The van der Waals surface area contributed by atoms with Gasteiger partial charge < -0.3 is 10.1 Å². The first-order valence-corrected chi connectivity index (χ1v) is 5.77. The van der Waals surface area contributed by atoms with Gasteiger partial charge in [-0.3, -0.25) is 0 Å². The molecule has 0 amide bonds. The maximum atomic E-state index is 13.3. The lowest BCUT2D eigenvalue weighted by atomic mass is 9.77. The van der Waals surface area contributed by atoms with Gasteiger partial charge in [0.15, 0.2) is 0 Å². The largest absolute Gasteiger partial charge is 0.496 e. The van der Waals surface area contributed by atoms with Crippen molar-refractivity contribution in [1.29, 1.82) is 0 Å². The van der Waals surface area contributed by atoms with Crippen molar-refractivity contribution in [2.24, 2.45) is 5.92 Å². The monoisotopic (exact) mass is 223 g/mol. The number of hydrogen-bond donors (Lipinski definition) is 1. The van der Waals surface area contributed by atoms with E-state index in [1.165, 1.54) is 25.3 Å². The van der Waals surface area contributed by atoms with Crippen molar-refractivity contribution in [3.63, 3.8) is 0 Å². The Morgan fingerprint density at radius 3 is 2.69 bits per heavy atom. The summed E-state index contributed by atoms with van der Waals surface area (Å²) in [6.07, 6.45) is 3.71. The highest BCUT2D eigenvalue weighted by Gasteiger charge is 2.29. The zero-order valence-electron chi connectivity index (χ0n) is 9.79. The molecule has 1 atom stereocenters. The van der Waals surface area contributed by atoms with E-state index >= 15 is 0 Å². The Kier molecular flexibility index (Phi) is 3.44. The Morgan fingerprint density at radius 2 is 2.19 bits per heavy atom. The molecule has 1 N–H and O–H groups in total. The van der Waals surface area contributed by atoms with Gasteiger partial charge in [0.1, 0.15) is 11.6 Å². The molecule has 0 radical (unpaired) electrons. The van der Waals surface area contributed by atoms with Crippen LogP contribution >= 0.6 is 0 Å². The van der Waals surface area contributed by atoms with E-state index in [0.29, 0.717) is 5.92 Å². The van der Waals surface area contributed by atoms with Crippen LogP contribution in [0, 0.1) is 11.7 Å². The molecule has 1 fully saturated rings. The summed E-state index contributed by atoms with van der Waals surface area (Å²) in [5.74, 6) is 1.18. The Morgan fingerprint density at radius 1 is 1.44 bits per heavy atom. The van der Waals surface area contributed by atoms with Crippen molar-refractivity contribution in [2.75, 3.05) is 14.2 Å². The van der Waals surface area contributed by atoms with E-state index in [1.807, 2.05) is 7.05 Å². The molecule has 1 saturated carbocycles. The molecule has 0 aromatic heterocycles. The molecule has 0 saturated heterocycles. The van der Waals surface area contributed by atoms with Crippen LogP contribution in [0.1, 0.15) is 30.9 Å². The zero-order valence-corrected chi connectivity index (χ0v) is 9.79. The summed E-state index contributed by atoms with van der Waals surface area (Å²) in [5.41, 5.74) is 0.940. The molecule has 16 heavy (non-hydrogen) atoms. The Balaban J connectivity index is 2.31. The van der Waals surface area contributed by atoms with Crippen molar-refractivity contribution in [1.82, 2.24) is 5.32 Å². The van der Waals surface area contributed by atoms with Crippen molar-refractivity contribution in [2.45, 2.75) is 25.3 Å². The van der Waals surface area contributed by atoms with Crippen molar-refractivity contribution >= 4 is 0 Å². The number of hydrogen-bond acceptors (Lipinski definition) is 2. The quantitative estimate of drug-likeness (QED) is 0.847. The molecule has 2 nitrogen and oxygen atoms in total. The van der Waals surface area contributed by atoms with Crippen LogP contribution in [-0.2, 0) is 0 Å². The summed E-state index contributed by atoms with van der Waals surface area (Å²) in [7, 11) is 3.55. The lowest BCUT2D eigenvalue weighted by Crippen LogP contribution is -2.30. The van der Waals surface area contributed by atoms with Gasteiger partial charge in [-0.25, -0.2) is 4.39 Å². The molecule has 1 aromatic carbocycles. The van der Waals surface area contributed by atoms with Gasteiger partial charge in [-0.1, -0.05) is 6.42 Å². The molecule has 88 valence electrons. The van der Waals surface area contributed by atoms with Gasteiger partial charge in [-0.2, -0.15) is 0 Å². The number of ether oxygens (including phenoxy) is 1. The van der Waals surface area contributed by atoms with Crippen LogP contribution in [0.15, 0.2) is 18.2 Å². The van der Waals surface area contributed by atoms with E-state index in [-0.39, 0.29) is 11.9 Å². The van der Waals surface area contributed by atoms with E-state index in [0.717, 1.165) is 11.3 Å². The van der Waals surface area contributed by atoms with E-state index in [9.17, 15) is 4.39 Å². The van der Waals surface area contributed by atoms with Crippen molar-refractivity contribution < 1.29 is 9.13 Å². The standard InChI is InChI=1S/C13H18FNO/c1-15-13(9-4-3-5-9)11-8-10(14)6-7-12(11)16-2/h6-9,13,15H,3-5H2,1-2H3. The van der Waals surface area contributed by atoms with Gasteiger partial charge in [0.25, 0.3) is 0 Å². The summed E-state index contributed by atoms with van der Waals surface area (Å²) in [6.45, 7) is 0. The number of halogens is 1. The maximum absolute atomic E-state index is 13.3. The van der Waals surface area contributed by atoms with Crippen molar-refractivity contribution in [3.8, 4) is 5.75 Å². The smallest absolute Gasteiger partial charge is 0.123 e. The van der Waals surface area contributed by atoms with Gasteiger partial charge >= 0.3 is 0 Å². The highest BCUT2D eigenvalue weighted by molar-refractivity contribution is 5.37. The van der Waals surface area contributed by atoms with Crippen LogP contribution in [0.25, 0.3) is 0 Å². The Hall–Kier alpha value is -1.09. The normalized spacial score (nSPS) is 17.9. The zero-order chi connectivity index (χ0) is 11.5. The number of rotatable bonds is 4. The fraction of sp³-hybridized carbons (Fsp3) is 0.538. The molecule has 0 aliphatic heterocycles. The first-order chi connectivity index (χ1) is 7.76. The second-order valence-corrected chi connectivity index (χ2v) is 4.34. The second-order valence-electron chi connectivity index (χ2n) is 4.34. The van der Waals surface area contributed by atoms with Crippen LogP contribution in [0.5, 0.6) is 5.75 Å². The lowest BCUT2D eigenvalue weighted by Gasteiger charge is -2.34. The summed E-state index contributed by atoms with van der Waals surface area (Å²) < 4.78 is 18.6. The predicted octanol–water partition coefficient (Wildman–Crippen LogP) is 2.89. The molecular formula is C13H18FNO. The van der Waals surface area contributed by atoms with Crippen molar-refractivity contribution in [3.05, 3.63) is 29.6 Å². The molecule has 0 spiro atoms. The summed E-state index contributed by atoms with van der Waals surface area (Å²) in [5, 5.41) is 3.28. The van der Waals surface area contributed by atoms with Gasteiger partial charge in [-0.15, -0.1) is 0 Å². The molecule has 0 bridgehead atoms. The minimum Gasteiger partial charge on any atom is -0.496 e. The fourth-order valence-corrected chi connectivity index (χ4v) is 2.37. The van der Waals surface area contributed by atoms with Crippen LogP contribution < -0.4 is 10.1 Å². The summed E-state index contributed by atoms with van der Waals surface area (Å²) >= 11 is 0. The van der Waals surface area contributed by atoms with Gasteiger partial charge in [-0.05, 0) is 44.0 Å². The summed E-state index contributed by atoms with van der Waals surface area (Å²) in [6, 6.07) is 4.93. The molecule has 1 aliphatic carbocycles.